The first-order chi connectivity index (χ1) is 16.7. The zero-order valence-electron chi connectivity index (χ0n) is 20.8. The third kappa shape index (κ3) is 8.92. The van der Waals surface area contributed by atoms with Crippen molar-refractivity contribution in [2.75, 3.05) is 12.3 Å². The van der Waals surface area contributed by atoms with Gasteiger partial charge >= 0.3 is 0 Å². The first kappa shape index (κ1) is 27.1. The van der Waals surface area contributed by atoms with Gasteiger partial charge in [0.1, 0.15) is 0 Å². The maximum Gasteiger partial charge on any atom is 0.261 e. The van der Waals surface area contributed by atoms with E-state index in [0.717, 1.165) is 44.9 Å². The molecule has 2 aliphatic rings. The number of hydrogen-bond donors (Lipinski definition) is 0. The molecule has 1 unspecified atom stereocenters. The predicted octanol–water partition coefficient (Wildman–Crippen LogP) is 6.98. The summed E-state index contributed by atoms with van der Waals surface area (Å²) in [5, 5.41) is 0. The molecule has 0 saturated heterocycles. The molecule has 190 valence electrons. The van der Waals surface area contributed by atoms with Crippen LogP contribution in [-0.2, 0) is 15.3 Å². The molecule has 5 nitrogen and oxygen atoms in total. The summed E-state index contributed by atoms with van der Waals surface area (Å²) in [7, 11) is 0. The number of imide groups is 1. The van der Waals surface area contributed by atoms with Gasteiger partial charge in [-0.25, -0.2) is 4.21 Å². The Morgan fingerprint density at radius 1 is 0.706 bits per heavy atom. The van der Waals surface area contributed by atoms with Crippen molar-refractivity contribution in [3.8, 4) is 0 Å². The molecule has 1 aliphatic heterocycles. The van der Waals surface area contributed by atoms with Crippen LogP contribution in [0.15, 0.2) is 24.3 Å². The summed E-state index contributed by atoms with van der Waals surface area (Å²) in [5.74, 6) is 0.382. The number of rotatable bonds is 14. The number of amides is 2. The van der Waals surface area contributed by atoms with Crippen molar-refractivity contribution in [1.82, 2.24) is 4.90 Å². The van der Waals surface area contributed by atoms with E-state index >= 15 is 0 Å². The topological polar surface area (TPSA) is 63.7 Å². The molecule has 1 heterocycles. The zero-order chi connectivity index (χ0) is 24.0. The van der Waals surface area contributed by atoms with E-state index < -0.39 is 11.1 Å². The molecule has 3 rings (SSSR count). The van der Waals surface area contributed by atoms with Crippen LogP contribution in [0.2, 0.25) is 0 Å². The number of carbonyl (C=O) groups excluding carboxylic acids is 2. The van der Waals surface area contributed by atoms with Crippen LogP contribution >= 0.6 is 0 Å². The number of fused-ring (bicyclic) bond motifs is 1. The predicted molar refractivity (Wildman–Crippen MR) is 138 cm³/mol. The van der Waals surface area contributed by atoms with Crippen LogP contribution in [0, 0.1) is 0 Å². The Bertz CT molecular complexity index is 751. The lowest BCUT2D eigenvalue weighted by Gasteiger charge is -2.15. The number of unbranched alkanes of at least 4 members (excludes halogenated alkanes) is 8. The molecule has 1 atom stereocenters. The van der Waals surface area contributed by atoms with Gasteiger partial charge in [0, 0.05) is 12.3 Å². The van der Waals surface area contributed by atoms with E-state index in [1.807, 2.05) is 0 Å². The Hall–Kier alpha value is -1.53. The van der Waals surface area contributed by atoms with Gasteiger partial charge in [-0.3, -0.25) is 18.7 Å². The normalized spacial score (nSPS) is 18.4. The van der Waals surface area contributed by atoms with Gasteiger partial charge in [0.05, 0.1) is 17.2 Å². The molecular formula is C28H43NO4S. The van der Waals surface area contributed by atoms with E-state index in [1.54, 1.807) is 24.3 Å². The lowest BCUT2D eigenvalue weighted by atomic mass is 10.1. The average molecular weight is 490 g/mol. The minimum Gasteiger partial charge on any atom is -0.287 e. The van der Waals surface area contributed by atoms with Crippen LogP contribution in [0.25, 0.3) is 0 Å². The minimum atomic E-state index is -1.12. The number of benzene rings is 1. The summed E-state index contributed by atoms with van der Waals surface area (Å²) in [6.07, 6.45) is 20.0. The second-order valence-electron chi connectivity index (χ2n) is 9.91. The number of hydrogen-bond acceptors (Lipinski definition) is 4. The lowest BCUT2D eigenvalue weighted by Crippen LogP contribution is -2.30. The standard InChI is InChI=1S/C28H43NO4S/c30-27-25-20-14-15-21-26(25)28(31)29(27)22-16-10-6-2-1-3-7-11-17-23-34(32)33-24-18-12-8-4-5-9-13-19-24/h14-15,20-21,24H,1-13,16-19,22-23H2. The Kier molecular flexibility index (Phi) is 12.3. The van der Waals surface area contributed by atoms with Crippen LogP contribution in [0.5, 0.6) is 0 Å². The Labute approximate surface area is 208 Å². The highest BCUT2D eigenvalue weighted by Gasteiger charge is 2.34. The van der Waals surface area contributed by atoms with Gasteiger partial charge < -0.3 is 0 Å². The monoisotopic (exact) mass is 489 g/mol. The van der Waals surface area contributed by atoms with Crippen molar-refractivity contribution >= 4 is 22.9 Å². The molecule has 1 saturated carbocycles. The summed E-state index contributed by atoms with van der Waals surface area (Å²) in [6.45, 7) is 0.520. The third-order valence-electron chi connectivity index (χ3n) is 7.12. The maximum atomic E-state index is 12.4. The van der Waals surface area contributed by atoms with Gasteiger partial charge in [0.2, 0.25) is 0 Å². The molecule has 2 amide bonds. The molecule has 34 heavy (non-hydrogen) atoms. The Morgan fingerprint density at radius 3 is 1.74 bits per heavy atom. The lowest BCUT2D eigenvalue weighted by molar-refractivity contribution is 0.0651. The van der Waals surface area contributed by atoms with E-state index in [2.05, 4.69) is 0 Å². The number of carbonyl (C=O) groups is 2. The SMILES string of the molecule is O=C1c2ccccc2C(=O)N1CCCCCCCCCCCS(=O)OC1CCCCCCCC1. The fraction of sp³-hybridized carbons (Fsp3) is 0.714. The van der Waals surface area contributed by atoms with Crippen molar-refractivity contribution < 1.29 is 18.0 Å². The van der Waals surface area contributed by atoms with Crippen molar-refractivity contribution in [3.05, 3.63) is 35.4 Å². The molecule has 0 spiro atoms. The first-order valence-corrected chi connectivity index (χ1v) is 14.9. The van der Waals surface area contributed by atoms with Crippen LogP contribution in [0.1, 0.15) is 130 Å². The largest absolute Gasteiger partial charge is 0.287 e. The summed E-state index contributed by atoms with van der Waals surface area (Å²) < 4.78 is 18.1. The molecule has 1 aliphatic carbocycles. The average Bonchev–Trinajstić information content (AvgIpc) is 3.16. The van der Waals surface area contributed by atoms with Gasteiger partial charge in [-0.15, -0.1) is 0 Å². The van der Waals surface area contributed by atoms with Gasteiger partial charge in [-0.1, -0.05) is 95.6 Å². The van der Waals surface area contributed by atoms with Crippen molar-refractivity contribution in [2.24, 2.45) is 0 Å². The van der Waals surface area contributed by atoms with Gasteiger partial charge in [0.15, 0.2) is 11.1 Å². The molecule has 0 bridgehead atoms. The summed E-state index contributed by atoms with van der Waals surface area (Å²) >= 11 is -1.12. The van der Waals surface area contributed by atoms with Crippen molar-refractivity contribution in [1.29, 1.82) is 0 Å². The van der Waals surface area contributed by atoms with Crippen LogP contribution in [0.4, 0.5) is 0 Å². The van der Waals surface area contributed by atoms with E-state index in [4.69, 9.17) is 4.18 Å². The summed E-state index contributed by atoms with van der Waals surface area (Å²) in [5.41, 5.74) is 1.08. The molecule has 0 aromatic heterocycles. The highest BCUT2D eigenvalue weighted by atomic mass is 32.2. The third-order valence-corrected chi connectivity index (χ3v) is 8.23. The van der Waals surface area contributed by atoms with Crippen molar-refractivity contribution in [3.63, 3.8) is 0 Å². The van der Waals surface area contributed by atoms with Crippen molar-refractivity contribution in [2.45, 2.75) is 115 Å². The molecule has 6 heteroatoms. The Balaban J connectivity index is 1.14. The summed E-state index contributed by atoms with van der Waals surface area (Å²) in [4.78, 5) is 26.1. The summed E-state index contributed by atoms with van der Waals surface area (Å²) in [6, 6.07) is 7.09. The first-order valence-electron chi connectivity index (χ1n) is 13.7. The van der Waals surface area contributed by atoms with E-state index in [-0.39, 0.29) is 17.9 Å². The Morgan fingerprint density at radius 2 is 1.18 bits per heavy atom. The fourth-order valence-electron chi connectivity index (χ4n) is 5.06. The van der Waals surface area contributed by atoms with Gasteiger partial charge in [-0.2, -0.15) is 0 Å². The molecule has 0 N–H and O–H groups in total. The van der Waals surface area contributed by atoms with Crippen LogP contribution < -0.4 is 0 Å². The van der Waals surface area contributed by atoms with E-state index in [9.17, 15) is 13.8 Å². The van der Waals surface area contributed by atoms with E-state index in [1.165, 1.54) is 69.1 Å². The second-order valence-corrected chi connectivity index (χ2v) is 11.1. The molecular weight excluding hydrogens is 446 g/mol. The second kappa shape index (κ2) is 15.5. The molecule has 1 fully saturated rings. The molecule has 0 radical (unpaired) electrons. The number of nitrogens with zero attached hydrogens (tertiary/aromatic N) is 1. The molecule has 1 aromatic rings. The maximum absolute atomic E-state index is 12.4. The fourth-order valence-corrected chi connectivity index (χ4v) is 6.09. The van der Waals surface area contributed by atoms with Gasteiger partial charge in [0.25, 0.3) is 11.8 Å². The van der Waals surface area contributed by atoms with Crippen LogP contribution in [-0.4, -0.2) is 39.3 Å². The highest BCUT2D eigenvalue weighted by Crippen LogP contribution is 2.23. The van der Waals surface area contributed by atoms with Crippen LogP contribution in [0.3, 0.4) is 0 Å². The zero-order valence-corrected chi connectivity index (χ0v) is 21.6. The quantitative estimate of drug-likeness (QED) is 0.209. The smallest absolute Gasteiger partial charge is 0.261 e. The molecule has 1 aromatic carbocycles. The highest BCUT2D eigenvalue weighted by molar-refractivity contribution is 7.80. The minimum absolute atomic E-state index is 0.146. The van der Waals surface area contributed by atoms with Gasteiger partial charge in [-0.05, 0) is 37.8 Å². The van der Waals surface area contributed by atoms with E-state index in [0.29, 0.717) is 23.4 Å².